The molecule has 0 aliphatic heterocycles. The molecule has 88 valence electrons. The number of amides is 1. The number of aryl methyl sites for hydroxylation is 1. The van der Waals surface area contributed by atoms with Crippen LogP contribution in [0, 0.1) is 12.3 Å². The van der Waals surface area contributed by atoms with Gasteiger partial charge in [0.2, 0.25) is 5.76 Å². The number of carbonyl (C=O) groups excluding carboxylic acids is 2. The standard InChI is InChI=1S/C11H16N2O3/c1-7-9(16-6-13-7)10(15)12-5-8(14)11(2,3)4/h6H,5H2,1-4H3,(H,12,15). The van der Waals surface area contributed by atoms with Crippen molar-refractivity contribution < 1.29 is 14.0 Å². The number of aromatic nitrogens is 1. The topological polar surface area (TPSA) is 72.2 Å². The summed E-state index contributed by atoms with van der Waals surface area (Å²) in [7, 11) is 0. The van der Waals surface area contributed by atoms with E-state index < -0.39 is 11.3 Å². The molecule has 0 aliphatic carbocycles. The summed E-state index contributed by atoms with van der Waals surface area (Å²) in [4.78, 5) is 26.9. The van der Waals surface area contributed by atoms with Crippen LogP contribution in [0.25, 0.3) is 0 Å². The molecule has 16 heavy (non-hydrogen) atoms. The Kier molecular flexibility index (Phi) is 3.47. The number of nitrogens with one attached hydrogen (secondary N) is 1. The fraction of sp³-hybridized carbons (Fsp3) is 0.545. The fourth-order valence-electron chi connectivity index (χ4n) is 1.03. The van der Waals surface area contributed by atoms with Gasteiger partial charge < -0.3 is 9.73 Å². The Labute approximate surface area is 94.2 Å². The van der Waals surface area contributed by atoms with Gasteiger partial charge in [0, 0.05) is 5.41 Å². The third-order valence-electron chi connectivity index (χ3n) is 2.20. The van der Waals surface area contributed by atoms with Gasteiger partial charge in [-0.3, -0.25) is 9.59 Å². The zero-order chi connectivity index (χ0) is 12.3. The second-order valence-corrected chi connectivity index (χ2v) is 4.62. The highest BCUT2D eigenvalue weighted by molar-refractivity contribution is 5.96. The second kappa shape index (κ2) is 4.47. The molecule has 0 unspecified atom stereocenters. The van der Waals surface area contributed by atoms with Crippen molar-refractivity contribution in [3.63, 3.8) is 0 Å². The highest BCUT2D eigenvalue weighted by Gasteiger charge is 2.22. The largest absolute Gasteiger partial charge is 0.438 e. The van der Waals surface area contributed by atoms with Crippen LogP contribution in [-0.2, 0) is 4.79 Å². The quantitative estimate of drug-likeness (QED) is 0.840. The van der Waals surface area contributed by atoms with Crippen molar-refractivity contribution in [2.45, 2.75) is 27.7 Å². The minimum Gasteiger partial charge on any atom is -0.438 e. The highest BCUT2D eigenvalue weighted by Crippen LogP contribution is 2.13. The average molecular weight is 224 g/mol. The van der Waals surface area contributed by atoms with Crippen LogP contribution in [0.1, 0.15) is 37.0 Å². The molecule has 1 heterocycles. The number of hydrogen-bond donors (Lipinski definition) is 1. The maximum Gasteiger partial charge on any atom is 0.289 e. The van der Waals surface area contributed by atoms with E-state index in [2.05, 4.69) is 10.3 Å². The van der Waals surface area contributed by atoms with Crippen molar-refractivity contribution in [2.75, 3.05) is 6.54 Å². The Balaban J connectivity index is 2.55. The van der Waals surface area contributed by atoms with Gasteiger partial charge in [0.15, 0.2) is 12.2 Å². The van der Waals surface area contributed by atoms with Crippen LogP contribution in [0.5, 0.6) is 0 Å². The van der Waals surface area contributed by atoms with E-state index >= 15 is 0 Å². The molecule has 0 saturated heterocycles. The summed E-state index contributed by atoms with van der Waals surface area (Å²) in [6.07, 6.45) is 1.20. The molecule has 1 aromatic rings. The lowest BCUT2D eigenvalue weighted by Gasteiger charge is -2.16. The molecule has 1 N–H and O–H groups in total. The zero-order valence-electron chi connectivity index (χ0n) is 9.96. The van der Waals surface area contributed by atoms with E-state index in [4.69, 9.17) is 4.42 Å². The molecular formula is C11H16N2O3. The molecule has 0 aliphatic rings. The molecule has 0 spiro atoms. The van der Waals surface area contributed by atoms with E-state index in [0.717, 1.165) is 0 Å². The van der Waals surface area contributed by atoms with Crippen LogP contribution in [0.2, 0.25) is 0 Å². The lowest BCUT2D eigenvalue weighted by atomic mass is 9.91. The first-order valence-corrected chi connectivity index (χ1v) is 5.04. The zero-order valence-corrected chi connectivity index (χ0v) is 9.96. The number of ketones is 1. The average Bonchev–Trinajstić information content (AvgIpc) is 2.58. The third-order valence-corrected chi connectivity index (χ3v) is 2.20. The van der Waals surface area contributed by atoms with Crippen molar-refractivity contribution in [1.29, 1.82) is 0 Å². The van der Waals surface area contributed by atoms with E-state index in [9.17, 15) is 9.59 Å². The van der Waals surface area contributed by atoms with Gasteiger partial charge in [-0.25, -0.2) is 4.98 Å². The second-order valence-electron chi connectivity index (χ2n) is 4.62. The molecule has 1 amide bonds. The summed E-state index contributed by atoms with van der Waals surface area (Å²) < 4.78 is 4.91. The van der Waals surface area contributed by atoms with Crippen molar-refractivity contribution in [1.82, 2.24) is 10.3 Å². The van der Waals surface area contributed by atoms with Crippen LogP contribution in [0.4, 0.5) is 0 Å². The molecule has 0 atom stereocenters. The van der Waals surface area contributed by atoms with E-state index in [1.54, 1.807) is 27.7 Å². The minimum atomic E-state index is -0.455. The van der Waals surface area contributed by atoms with Gasteiger partial charge in [-0.2, -0.15) is 0 Å². The predicted octanol–water partition coefficient (Wildman–Crippen LogP) is 1.33. The van der Waals surface area contributed by atoms with Gasteiger partial charge in [-0.15, -0.1) is 0 Å². The van der Waals surface area contributed by atoms with E-state index in [0.29, 0.717) is 5.69 Å². The van der Waals surface area contributed by atoms with Crippen LogP contribution >= 0.6 is 0 Å². The van der Waals surface area contributed by atoms with Gasteiger partial charge in [-0.1, -0.05) is 20.8 Å². The maximum atomic E-state index is 11.6. The van der Waals surface area contributed by atoms with Gasteiger partial charge in [-0.05, 0) is 6.92 Å². The molecule has 0 aromatic carbocycles. The number of hydrogen-bond acceptors (Lipinski definition) is 4. The summed E-state index contributed by atoms with van der Waals surface area (Å²) in [6, 6.07) is 0. The first-order valence-electron chi connectivity index (χ1n) is 5.04. The monoisotopic (exact) mass is 224 g/mol. The van der Waals surface area contributed by atoms with Crippen LogP contribution in [0.3, 0.4) is 0 Å². The van der Waals surface area contributed by atoms with E-state index in [-0.39, 0.29) is 18.1 Å². The summed E-state index contributed by atoms with van der Waals surface area (Å²) in [5, 5.41) is 2.51. The van der Waals surface area contributed by atoms with Crippen molar-refractivity contribution in [3.05, 3.63) is 17.8 Å². The number of rotatable bonds is 3. The van der Waals surface area contributed by atoms with Gasteiger partial charge in [0.1, 0.15) is 0 Å². The first-order chi connectivity index (χ1) is 7.32. The van der Waals surface area contributed by atoms with Crippen molar-refractivity contribution in [3.8, 4) is 0 Å². The Morgan fingerprint density at radius 1 is 1.44 bits per heavy atom. The Morgan fingerprint density at radius 3 is 2.50 bits per heavy atom. The third kappa shape index (κ3) is 2.92. The summed E-state index contributed by atoms with van der Waals surface area (Å²) >= 11 is 0. The molecular weight excluding hydrogens is 208 g/mol. The smallest absolute Gasteiger partial charge is 0.289 e. The maximum absolute atomic E-state index is 11.6. The fourth-order valence-corrected chi connectivity index (χ4v) is 1.03. The van der Waals surface area contributed by atoms with Crippen LogP contribution < -0.4 is 5.32 Å². The molecule has 0 saturated carbocycles. The normalized spacial score (nSPS) is 11.2. The lowest BCUT2D eigenvalue weighted by molar-refractivity contribution is -0.125. The number of Topliss-reactive ketones (excluding diaryl/α,β-unsaturated/α-hetero) is 1. The highest BCUT2D eigenvalue weighted by atomic mass is 16.3. The number of oxazole rings is 1. The first kappa shape index (κ1) is 12.4. The lowest BCUT2D eigenvalue weighted by Crippen LogP contribution is -2.35. The molecule has 5 heteroatoms. The molecule has 0 bridgehead atoms. The van der Waals surface area contributed by atoms with Gasteiger partial charge in [0.05, 0.1) is 12.2 Å². The Bertz CT molecular complexity index is 402. The summed E-state index contributed by atoms with van der Waals surface area (Å²) in [5.74, 6) is -0.285. The van der Waals surface area contributed by atoms with E-state index in [1.807, 2.05) is 0 Å². The summed E-state index contributed by atoms with van der Waals surface area (Å²) in [6.45, 7) is 7.09. The molecule has 1 rings (SSSR count). The van der Waals surface area contributed by atoms with Crippen LogP contribution in [-0.4, -0.2) is 23.2 Å². The predicted molar refractivity (Wildman–Crippen MR) is 58.0 cm³/mol. The van der Waals surface area contributed by atoms with Gasteiger partial charge >= 0.3 is 0 Å². The SMILES string of the molecule is Cc1ncoc1C(=O)NCC(=O)C(C)(C)C. The Hall–Kier alpha value is -1.65. The van der Waals surface area contributed by atoms with E-state index in [1.165, 1.54) is 6.39 Å². The number of carbonyl (C=O) groups is 2. The molecule has 0 radical (unpaired) electrons. The van der Waals surface area contributed by atoms with Crippen molar-refractivity contribution >= 4 is 11.7 Å². The van der Waals surface area contributed by atoms with Crippen molar-refractivity contribution in [2.24, 2.45) is 5.41 Å². The molecule has 5 nitrogen and oxygen atoms in total. The molecule has 0 fully saturated rings. The minimum absolute atomic E-state index is 0.00245. The number of nitrogens with zero attached hydrogens (tertiary/aromatic N) is 1. The van der Waals surface area contributed by atoms with Crippen LogP contribution in [0.15, 0.2) is 10.8 Å². The van der Waals surface area contributed by atoms with Gasteiger partial charge in [0.25, 0.3) is 5.91 Å². The molecule has 1 aromatic heterocycles. The summed E-state index contributed by atoms with van der Waals surface area (Å²) in [5.41, 5.74) is 0.0599. The Morgan fingerprint density at radius 2 is 2.06 bits per heavy atom.